The van der Waals surface area contributed by atoms with Crippen molar-refractivity contribution in [3.8, 4) is 0 Å². The highest BCUT2D eigenvalue weighted by atomic mass is 16.8. The summed E-state index contributed by atoms with van der Waals surface area (Å²) in [6, 6.07) is -1.37. The van der Waals surface area contributed by atoms with E-state index in [-0.39, 0.29) is 12.3 Å². The van der Waals surface area contributed by atoms with Crippen LogP contribution < -0.4 is 5.32 Å². The molecule has 14 N–H and O–H groups in total. The fraction of sp³-hybridized carbons (Fsp3) is 0.966. The van der Waals surface area contributed by atoms with Gasteiger partial charge < -0.3 is 100 Å². The summed E-state index contributed by atoms with van der Waals surface area (Å²) in [5, 5.41) is 136. The van der Waals surface area contributed by atoms with Crippen molar-refractivity contribution < 1.29 is 99.6 Å². The third-order valence-electron chi connectivity index (χ3n) is 8.69. The Morgan fingerprint density at radius 1 is 0.700 bits per heavy atom. The van der Waals surface area contributed by atoms with Gasteiger partial charge in [-0.05, 0) is 19.3 Å². The van der Waals surface area contributed by atoms with Crippen LogP contribution >= 0.6 is 0 Å². The van der Waals surface area contributed by atoms with Gasteiger partial charge in [0.05, 0.1) is 38.6 Å². The van der Waals surface area contributed by atoms with Gasteiger partial charge in [0.2, 0.25) is 5.91 Å². The van der Waals surface area contributed by atoms with Gasteiger partial charge in [0.15, 0.2) is 18.9 Å². The Hall–Kier alpha value is -1.29. The first kappa shape index (κ1) is 43.1. The Bertz CT molecular complexity index is 1030. The fourth-order valence-corrected chi connectivity index (χ4v) is 5.82. The molecule has 3 saturated heterocycles. The minimum atomic E-state index is -1.96. The van der Waals surface area contributed by atoms with Crippen molar-refractivity contribution >= 4 is 5.91 Å². The van der Waals surface area contributed by atoms with Crippen LogP contribution in [0.5, 0.6) is 0 Å². The van der Waals surface area contributed by atoms with Gasteiger partial charge in [-0.1, -0.05) is 13.8 Å². The van der Waals surface area contributed by atoms with E-state index in [9.17, 15) is 71.2 Å². The molecule has 21 nitrogen and oxygen atoms in total. The van der Waals surface area contributed by atoms with E-state index < -0.39 is 149 Å². The van der Waals surface area contributed by atoms with Gasteiger partial charge in [-0.2, -0.15) is 0 Å². The summed E-state index contributed by atoms with van der Waals surface area (Å²) < 4.78 is 33.4. The van der Waals surface area contributed by atoms with E-state index in [0.29, 0.717) is 0 Å². The molecule has 3 heterocycles. The van der Waals surface area contributed by atoms with E-state index in [1.165, 1.54) is 0 Å². The summed E-state index contributed by atoms with van der Waals surface area (Å²) in [6.07, 6.45) is -30.6. The molecular formula is C29H53NO20. The number of carbonyl (C=O) groups is 1. The van der Waals surface area contributed by atoms with Crippen LogP contribution in [0.4, 0.5) is 0 Å². The molecule has 50 heavy (non-hydrogen) atoms. The first-order chi connectivity index (χ1) is 23.5. The van der Waals surface area contributed by atoms with Gasteiger partial charge in [0.25, 0.3) is 0 Å². The van der Waals surface area contributed by atoms with Crippen LogP contribution in [0.2, 0.25) is 0 Å². The van der Waals surface area contributed by atoms with E-state index in [1.54, 1.807) is 13.8 Å². The van der Waals surface area contributed by atoms with E-state index in [4.69, 9.17) is 28.4 Å². The second-order valence-corrected chi connectivity index (χ2v) is 13.1. The van der Waals surface area contributed by atoms with Crippen molar-refractivity contribution in [1.82, 2.24) is 5.32 Å². The van der Waals surface area contributed by atoms with Crippen LogP contribution in [0.1, 0.15) is 27.2 Å². The number of ether oxygens (including phenoxy) is 6. The zero-order valence-corrected chi connectivity index (χ0v) is 27.8. The quantitative estimate of drug-likeness (QED) is 0.0621. The number of hydrogen-bond acceptors (Lipinski definition) is 20. The average Bonchev–Trinajstić information content (AvgIpc) is 3.54. The monoisotopic (exact) mass is 735 g/mol. The van der Waals surface area contributed by atoms with Gasteiger partial charge in [-0.25, -0.2) is 0 Å². The molecule has 3 rings (SSSR count). The van der Waals surface area contributed by atoms with E-state index in [2.05, 4.69) is 5.32 Å². The number of aliphatic hydroxyl groups is 13. The number of aliphatic hydroxyl groups excluding tert-OH is 13. The normalized spacial score (nSPS) is 40.0. The Morgan fingerprint density at radius 2 is 1.26 bits per heavy atom. The first-order valence-corrected chi connectivity index (χ1v) is 16.3. The Kier molecular flexibility index (Phi) is 16.5. The number of nitrogens with one attached hydrogen (secondary N) is 1. The highest BCUT2D eigenvalue weighted by Gasteiger charge is 2.56. The highest BCUT2D eigenvalue weighted by molar-refractivity contribution is 5.80. The van der Waals surface area contributed by atoms with Crippen molar-refractivity contribution in [3.05, 3.63) is 0 Å². The molecule has 3 aliphatic rings. The van der Waals surface area contributed by atoms with E-state index in [0.717, 1.165) is 6.92 Å². The maximum absolute atomic E-state index is 12.3. The van der Waals surface area contributed by atoms with Crippen molar-refractivity contribution in [2.45, 2.75) is 144 Å². The van der Waals surface area contributed by atoms with Gasteiger partial charge in [-0.3, -0.25) is 4.79 Å². The SMILES string of the molecule is CC(C)CC(O)C(O)C(COC1OC(CO)C(O)C(OC2OC(C(O)CO)C(O)C2OC2OC(C(O)CO)C(O)C2O)C1O)NC(=O)C(C)O. The summed E-state index contributed by atoms with van der Waals surface area (Å²) in [7, 11) is 0. The minimum absolute atomic E-state index is 0.0637. The van der Waals surface area contributed by atoms with Crippen molar-refractivity contribution in [2.24, 2.45) is 5.92 Å². The molecule has 19 unspecified atom stereocenters. The topological polar surface area (TPSA) is 347 Å². The van der Waals surface area contributed by atoms with Gasteiger partial charge in [0, 0.05) is 0 Å². The Balaban J connectivity index is 1.83. The highest BCUT2D eigenvalue weighted by Crippen LogP contribution is 2.35. The average molecular weight is 736 g/mol. The van der Waals surface area contributed by atoms with Crippen LogP contribution in [0.3, 0.4) is 0 Å². The lowest BCUT2D eigenvalue weighted by atomic mass is 9.97. The molecule has 0 radical (unpaired) electrons. The molecule has 0 bridgehead atoms. The lowest BCUT2D eigenvalue weighted by Gasteiger charge is -2.43. The molecule has 0 aromatic heterocycles. The van der Waals surface area contributed by atoms with Crippen molar-refractivity contribution in [2.75, 3.05) is 26.4 Å². The number of rotatable bonds is 18. The molecule has 0 aromatic rings. The predicted octanol–water partition coefficient (Wildman–Crippen LogP) is -7.92. The minimum Gasteiger partial charge on any atom is -0.394 e. The molecule has 3 aliphatic heterocycles. The second-order valence-electron chi connectivity index (χ2n) is 13.1. The molecule has 294 valence electrons. The van der Waals surface area contributed by atoms with E-state index >= 15 is 0 Å². The summed E-state index contributed by atoms with van der Waals surface area (Å²) in [6.45, 7) is 1.45. The number of amides is 1. The molecule has 19 atom stereocenters. The molecule has 3 fully saturated rings. The Morgan fingerprint density at radius 3 is 1.80 bits per heavy atom. The maximum atomic E-state index is 12.3. The molecular weight excluding hydrogens is 682 g/mol. The predicted molar refractivity (Wildman–Crippen MR) is 160 cm³/mol. The third-order valence-corrected chi connectivity index (χ3v) is 8.69. The van der Waals surface area contributed by atoms with Crippen molar-refractivity contribution in [1.29, 1.82) is 0 Å². The fourth-order valence-electron chi connectivity index (χ4n) is 5.82. The largest absolute Gasteiger partial charge is 0.394 e. The van der Waals surface area contributed by atoms with Crippen LogP contribution in [0.15, 0.2) is 0 Å². The lowest BCUT2D eigenvalue weighted by molar-refractivity contribution is -0.338. The van der Waals surface area contributed by atoms with Gasteiger partial charge in [0.1, 0.15) is 85.5 Å². The number of hydrogen-bond donors (Lipinski definition) is 14. The summed E-state index contributed by atoms with van der Waals surface area (Å²) in [4.78, 5) is 12.3. The lowest BCUT2D eigenvalue weighted by Crippen LogP contribution is -2.62. The molecule has 0 aliphatic carbocycles. The van der Waals surface area contributed by atoms with E-state index in [1.807, 2.05) is 0 Å². The number of carbonyl (C=O) groups excluding carboxylic acids is 1. The van der Waals surface area contributed by atoms with Gasteiger partial charge in [-0.15, -0.1) is 0 Å². The van der Waals surface area contributed by atoms with Crippen LogP contribution in [0, 0.1) is 5.92 Å². The molecule has 0 spiro atoms. The smallest absolute Gasteiger partial charge is 0.248 e. The first-order valence-electron chi connectivity index (χ1n) is 16.3. The molecule has 0 aromatic carbocycles. The molecule has 21 heteroatoms. The third kappa shape index (κ3) is 10.2. The van der Waals surface area contributed by atoms with Crippen molar-refractivity contribution in [3.63, 3.8) is 0 Å². The maximum Gasteiger partial charge on any atom is 0.248 e. The zero-order chi connectivity index (χ0) is 37.6. The molecule has 1 amide bonds. The van der Waals surface area contributed by atoms with Gasteiger partial charge >= 0.3 is 0 Å². The summed E-state index contributed by atoms with van der Waals surface area (Å²) in [5.41, 5.74) is 0. The van der Waals surface area contributed by atoms with Crippen LogP contribution in [0.25, 0.3) is 0 Å². The van der Waals surface area contributed by atoms with Crippen LogP contribution in [-0.4, -0.2) is 215 Å². The second kappa shape index (κ2) is 19.2. The summed E-state index contributed by atoms with van der Waals surface area (Å²) in [5.74, 6) is -0.987. The summed E-state index contributed by atoms with van der Waals surface area (Å²) >= 11 is 0. The zero-order valence-electron chi connectivity index (χ0n) is 27.8. The standard InChI is InChI=1S/C29H53NO20/c1-9(2)4-12(35)16(38)11(30-26(44)10(3)34)8-45-27-21(43)24(17(39)15(7-33)46-27)49-29-25(20(42)23(48-29)14(37)6-32)50-28-19(41)18(40)22(47-28)13(36)5-31/h9-25,27-29,31-43H,4-8H2,1-3H3,(H,30,44). The Labute approximate surface area is 287 Å². The molecule has 0 saturated carbocycles. The van der Waals surface area contributed by atoms with Crippen LogP contribution in [-0.2, 0) is 33.2 Å².